The third kappa shape index (κ3) is 7.17. The SMILES string of the molecule is Cc1ccc(CNC(=O)c2noc([C@H](CCCC3CCCCC3)CC(=O)NO)n2)cc1. The normalized spacial score (nSPS) is 15.4. The van der Waals surface area contributed by atoms with Gasteiger partial charge in [0.25, 0.3) is 11.7 Å². The van der Waals surface area contributed by atoms with Gasteiger partial charge >= 0.3 is 0 Å². The fraction of sp³-hybridized carbons (Fsp3) is 0.565. The lowest BCUT2D eigenvalue weighted by Gasteiger charge is -2.22. The van der Waals surface area contributed by atoms with Gasteiger partial charge in [-0.05, 0) is 24.8 Å². The van der Waals surface area contributed by atoms with E-state index in [2.05, 4.69) is 15.5 Å². The van der Waals surface area contributed by atoms with Crippen molar-refractivity contribution in [1.82, 2.24) is 20.9 Å². The summed E-state index contributed by atoms with van der Waals surface area (Å²) in [6.07, 6.45) is 9.23. The molecule has 1 heterocycles. The molecule has 168 valence electrons. The first-order valence-electron chi connectivity index (χ1n) is 11.2. The summed E-state index contributed by atoms with van der Waals surface area (Å²) in [5, 5.41) is 15.5. The molecule has 1 aromatic heterocycles. The molecular formula is C23H32N4O4. The fourth-order valence-corrected chi connectivity index (χ4v) is 4.17. The highest BCUT2D eigenvalue weighted by Crippen LogP contribution is 2.31. The molecule has 8 heteroatoms. The zero-order valence-corrected chi connectivity index (χ0v) is 18.1. The monoisotopic (exact) mass is 428 g/mol. The highest BCUT2D eigenvalue weighted by molar-refractivity contribution is 5.90. The van der Waals surface area contributed by atoms with Gasteiger partial charge < -0.3 is 9.84 Å². The maximum absolute atomic E-state index is 12.4. The minimum atomic E-state index is -0.508. The maximum atomic E-state index is 12.4. The van der Waals surface area contributed by atoms with Crippen molar-refractivity contribution in [3.8, 4) is 0 Å². The first-order chi connectivity index (χ1) is 15.0. The lowest BCUT2D eigenvalue weighted by molar-refractivity contribution is -0.129. The average Bonchev–Trinajstić information content (AvgIpc) is 3.29. The summed E-state index contributed by atoms with van der Waals surface area (Å²) in [7, 11) is 0. The number of rotatable bonds is 10. The summed E-state index contributed by atoms with van der Waals surface area (Å²) >= 11 is 0. The molecule has 1 aliphatic carbocycles. The molecule has 1 saturated carbocycles. The molecule has 31 heavy (non-hydrogen) atoms. The highest BCUT2D eigenvalue weighted by atomic mass is 16.5. The van der Waals surface area contributed by atoms with E-state index in [0.29, 0.717) is 13.0 Å². The Labute approximate surface area is 182 Å². The molecule has 0 unspecified atom stereocenters. The summed E-state index contributed by atoms with van der Waals surface area (Å²) in [6, 6.07) is 7.87. The number of carbonyl (C=O) groups excluding carboxylic acids is 2. The topological polar surface area (TPSA) is 117 Å². The van der Waals surface area contributed by atoms with E-state index in [9.17, 15) is 9.59 Å². The standard InChI is InChI=1S/C23H32N4O4/c1-16-10-12-18(13-11-16)15-24-22(29)21-25-23(31-27-21)19(14-20(28)26-30)9-5-8-17-6-3-2-4-7-17/h10-13,17,19,30H,2-9,14-15H2,1H3,(H,24,29)(H,26,28)/t19-/m1/s1. The number of carbonyl (C=O) groups is 2. The van der Waals surface area contributed by atoms with E-state index in [0.717, 1.165) is 29.9 Å². The Morgan fingerprint density at radius 1 is 1.19 bits per heavy atom. The predicted molar refractivity (Wildman–Crippen MR) is 114 cm³/mol. The van der Waals surface area contributed by atoms with E-state index in [-0.39, 0.29) is 24.1 Å². The van der Waals surface area contributed by atoms with Crippen LogP contribution in [0, 0.1) is 12.8 Å². The van der Waals surface area contributed by atoms with E-state index in [1.807, 2.05) is 31.2 Å². The average molecular weight is 429 g/mol. The molecule has 1 fully saturated rings. The largest absolute Gasteiger partial charge is 0.345 e. The van der Waals surface area contributed by atoms with Crippen LogP contribution in [-0.2, 0) is 11.3 Å². The Balaban J connectivity index is 1.56. The van der Waals surface area contributed by atoms with Crippen LogP contribution in [0.3, 0.4) is 0 Å². The number of benzene rings is 1. The molecular weight excluding hydrogens is 396 g/mol. The zero-order valence-electron chi connectivity index (χ0n) is 18.1. The van der Waals surface area contributed by atoms with Crippen LogP contribution in [-0.4, -0.2) is 27.2 Å². The van der Waals surface area contributed by atoms with Gasteiger partial charge in [0.2, 0.25) is 11.8 Å². The molecule has 0 radical (unpaired) electrons. The quantitative estimate of drug-likeness (QED) is 0.388. The summed E-state index contributed by atoms with van der Waals surface area (Å²) in [5.41, 5.74) is 3.80. The predicted octanol–water partition coefficient (Wildman–Crippen LogP) is 4.04. The van der Waals surface area contributed by atoms with Gasteiger partial charge in [0.1, 0.15) is 0 Å². The van der Waals surface area contributed by atoms with Crippen LogP contribution in [0.5, 0.6) is 0 Å². The van der Waals surface area contributed by atoms with E-state index in [1.165, 1.54) is 32.1 Å². The fourth-order valence-electron chi connectivity index (χ4n) is 4.17. The Hall–Kier alpha value is -2.74. The molecule has 0 saturated heterocycles. The summed E-state index contributed by atoms with van der Waals surface area (Å²) in [6.45, 7) is 2.37. The maximum Gasteiger partial charge on any atom is 0.292 e. The Kier molecular flexibility index (Phi) is 8.58. The van der Waals surface area contributed by atoms with Crippen LogP contribution in [0.1, 0.15) is 91.3 Å². The second-order valence-electron chi connectivity index (χ2n) is 8.50. The summed E-state index contributed by atoms with van der Waals surface area (Å²) < 4.78 is 5.32. The number of aromatic nitrogens is 2. The number of amides is 2. The van der Waals surface area contributed by atoms with Gasteiger partial charge in [-0.1, -0.05) is 79.9 Å². The molecule has 1 aliphatic rings. The Bertz CT molecular complexity index is 844. The van der Waals surface area contributed by atoms with Crippen molar-refractivity contribution >= 4 is 11.8 Å². The third-order valence-corrected chi connectivity index (χ3v) is 6.01. The molecule has 3 N–H and O–H groups in total. The van der Waals surface area contributed by atoms with Crippen molar-refractivity contribution in [2.75, 3.05) is 0 Å². The molecule has 1 aromatic carbocycles. The first-order valence-corrected chi connectivity index (χ1v) is 11.2. The smallest absolute Gasteiger partial charge is 0.292 e. The molecule has 0 aliphatic heterocycles. The molecule has 2 aromatic rings. The van der Waals surface area contributed by atoms with E-state index >= 15 is 0 Å². The van der Waals surface area contributed by atoms with Gasteiger partial charge in [-0.2, -0.15) is 4.98 Å². The van der Waals surface area contributed by atoms with Crippen LogP contribution in [0.25, 0.3) is 0 Å². The zero-order chi connectivity index (χ0) is 22.1. The molecule has 0 bridgehead atoms. The number of aryl methyl sites for hydroxylation is 1. The number of hydrogen-bond acceptors (Lipinski definition) is 6. The van der Waals surface area contributed by atoms with Crippen molar-refractivity contribution in [3.63, 3.8) is 0 Å². The first kappa shape index (κ1) is 22.9. The van der Waals surface area contributed by atoms with Crippen molar-refractivity contribution in [3.05, 3.63) is 47.1 Å². The lowest BCUT2D eigenvalue weighted by Crippen LogP contribution is -2.24. The van der Waals surface area contributed by atoms with Crippen LogP contribution in [0.4, 0.5) is 0 Å². The van der Waals surface area contributed by atoms with Crippen molar-refractivity contribution in [1.29, 1.82) is 0 Å². The Morgan fingerprint density at radius 3 is 2.65 bits per heavy atom. The molecule has 8 nitrogen and oxygen atoms in total. The lowest BCUT2D eigenvalue weighted by atomic mass is 9.84. The summed E-state index contributed by atoms with van der Waals surface area (Å²) in [4.78, 5) is 28.4. The van der Waals surface area contributed by atoms with Gasteiger partial charge in [0.15, 0.2) is 0 Å². The highest BCUT2D eigenvalue weighted by Gasteiger charge is 2.25. The van der Waals surface area contributed by atoms with E-state index in [1.54, 1.807) is 5.48 Å². The van der Waals surface area contributed by atoms with Crippen LogP contribution < -0.4 is 10.8 Å². The number of hydrogen-bond donors (Lipinski definition) is 3. The second kappa shape index (κ2) is 11.6. The molecule has 2 amide bonds. The van der Waals surface area contributed by atoms with Gasteiger partial charge in [0.05, 0.1) is 0 Å². The van der Waals surface area contributed by atoms with Gasteiger partial charge in [-0.25, -0.2) is 5.48 Å². The van der Waals surface area contributed by atoms with Crippen molar-refractivity contribution < 1.29 is 19.3 Å². The number of nitrogens with zero attached hydrogens (tertiary/aromatic N) is 2. The minimum Gasteiger partial charge on any atom is -0.345 e. The number of nitrogens with one attached hydrogen (secondary N) is 2. The van der Waals surface area contributed by atoms with E-state index in [4.69, 9.17) is 9.73 Å². The molecule has 3 rings (SSSR count). The minimum absolute atomic E-state index is 0.0355. The van der Waals surface area contributed by atoms with Crippen LogP contribution in [0.15, 0.2) is 28.8 Å². The van der Waals surface area contributed by atoms with Gasteiger partial charge in [0, 0.05) is 18.9 Å². The van der Waals surface area contributed by atoms with Gasteiger partial charge in [-0.15, -0.1) is 0 Å². The third-order valence-electron chi connectivity index (χ3n) is 6.01. The van der Waals surface area contributed by atoms with Crippen LogP contribution in [0.2, 0.25) is 0 Å². The van der Waals surface area contributed by atoms with E-state index < -0.39 is 11.8 Å². The Morgan fingerprint density at radius 2 is 1.94 bits per heavy atom. The van der Waals surface area contributed by atoms with Crippen LogP contribution >= 0.6 is 0 Å². The molecule has 1 atom stereocenters. The number of hydroxylamine groups is 1. The molecule has 0 spiro atoms. The van der Waals surface area contributed by atoms with Crippen molar-refractivity contribution in [2.45, 2.75) is 77.2 Å². The van der Waals surface area contributed by atoms with Crippen molar-refractivity contribution in [2.24, 2.45) is 5.92 Å². The van der Waals surface area contributed by atoms with Gasteiger partial charge in [-0.3, -0.25) is 14.8 Å². The second-order valence-corrected chi connectivity index (χ2v) is 8.50. The summed E-state index contributed by atoms with van der Waals surface area (Å²) in [5.74, 6) is -0.320.